The minimum atomic E-state index is -0.277. The topological polar surface area (TPSA) is 71.3 Å². The number of benzene rings is 2. The summed E-state index contributed by atoms with van der Waals surface area (Å²) >= 11 is 5.97. The van der Waals surface area contributed by atoms with Crippen LogP contribution in [-0.4, -0.2) is 18.4 Å². The van der Waals surface area contributed by atoms with Gasteiger partial charge in [-0.3, -0.25) is 9.59 Å². The fraction of sp³-hybridized carbons (Fsp3) is 0.217. The summed E-state index contributed by atoms with van der Waals surface area (Å²) in [6.45, 7) is 0.403. The van der Waals surface area contributed by atoms with E-state index in [9.17, 15) is 9.59 Å². The summed E-state index contributed by atoms with van der Waals surface area (Å²) in [5.41, 5.74) is 2.14. The molecule has 2 N–H and O–H groups in total. The van der Waals surface area contributed by atoms with E-state index in [1.165, 1.54) is 6.26 Å². The molecular weight excluding hydrogens is 388 g/mol. The summed E-state index contributed by atoms with van der Waals surface area (Å²) in [5.74, 6) is -0.0677. The molecule has 6 heteroatoms. The van der Waals surface area contributed by atoms with Crippen molar-refractivity contribution in [3.63, 3.8) is 0 Å². The van der Waals surface area contributed by atoms with Gasteiger partial charge in [0, 0.05) is 18.0 Å². The zero-order valence-corrected chi connectivity index (χ0v) is 16.7. The molecule has 150 valence electrons. The maximum Gasteiger partial charge on any atom is 0.286 e. The lowest BCUT2D eigenvalue weighted by molar-refractivity contribution is -0.121. The number of hydrogen-bond donors (Lipinski definition) is 2. The molecule has 1 unspecified atom stereocenters. The van der Waals surface area contributed by atoms with Crippen molar-refractivity contribution in [3.05, 3.63) is 94.9 Å². The predicted octanol–water partition coefficient (Wildman–Crippen LogP) is 4.54. The molecule has 0 saturated heterocycles. The summed E-state index contributed by atoms with van der Waals surface area (Å²) in [7, 11) is 0. The van der Waals surface area contributed by atoms with E-state index >= 15 is 0 Å². The number of hydrogen-bond acceptors (Lipinski definition) is 3. The summed E-state index contributed by atoms with van der Waals surface area (Å²) < 4.78 is 5.04. The lowest BCUT2D eigenvalue weighted by Gasteiger charge is -2.20. The predicted molar refractivity (Wildman–Crippen MR) is 113 cm³/mol. The fourth-order valence-electron chi connectivity index (χ4n) is 3.01. The molecule has 0 saturated carbocycles. The first-order chi connectivity index (χ1) is 14.1. The number of furan rings is 1. The fourth-order valence-corrected chi connectivity index (χ4v) is 3.13. The SMILES string of the molecule is O=C(CCCNC(=O)c1ccco1)NC(Cc1ccc(Cl)cc1)c1ccccc1. The molecule has 2 amide bonds. The monoisotopic (exact) mass is 410 g/mol. The minimum Gasteiger partial charge on any atom is -0.459 e. The number of carbonyl (C=O) groups is 2. The second-order valence-corrected chi connectivity index (χ2v) is 7.13. The first-order valence-electron chi connectivity index (χ1n) is 9.52. The maximum atomic E-state index is 12.5. The van der Waals surface area contributed by atoms with Crippen LogP contribution in [0, 0.1) is 0 Å². The van der Waals surface area contributed by atoms with Crippen LogP contribution in [0.15, 0.2) is 77.4 Å². The molecule has 29 heavy (non-hydrogen) atoms. The molecule has 0 aliphatic rings. The van der Waals surface area contributed by atoms with Gasteiger partial charge in [0.2, 0.25) is 5.91 Å². The van der Waals surface area contributed by atoms with E-state index in [1.807, 2.05) is 54.6 Å². The van der Waals surface area contributed by atoms with Gasteiger partial charge in [-0.1, -0.05) is 54.1 Å². The molecule has 1 atom stereocenters. The van der Waals surface area contributed by atoms with Crippen molar-refractivity contribution in [1.82, 2.24) is 10.6 Å². The van der Waals surface area contributed by atoms with Crippen molar-refractivity contribution in [2.45, 2.75) is 25.3 Å². The molecule has 0 aliphatic carbocycles. The van der Waals surface area contributed by atoms with E-state index in [2.05, 4.69) is 10.6 Å². The molecular formula is C23H23ClN2O3. The molecule has 0 fully saturated rings. The molecule has 0 radical (unpaired) electrons. The molecule has 0 bridgehead atoms. The van der Waals surface area contributed by atoms with Gasteiger partial charge < -0.3 is 15.1 Å². The van der Waals surface area contributed by atoms with Crippen molar-refractivity contribution in [1.29, 1.82) is 0 Å². The van der Waals surface area contributed by atoms with Gasteiger partial charge in [-0.2, -0.15) is 0 Å². The molecule has 0 aliphatic heterocycles. The number of amides is 2. The highest BCUT2D eigenvalue weighted by molar-refractivity contribution is 6.30. The van der Waals surface area contributed by atoms with Crippen LogP contribution in [0.25, 0.3) is 0 Å². The van der Waals surface area contributed by atoms with E-state index in [4.69, 9.17) is 16.0 Å². The van der Waals surface area contributed by atoms with Crippen LogP contribution in [0.3, 0.4) is 0 Å². The van der Waals surface area contributed by atoms with Crippen LogP contribution in [0.5, 0.6) is 0 Å². The van der Waals surface area contributed by atoms with Gasteiger partial charge in [0.15, 0.2) is 5.76 Å². The van der Waals surface area contributed by atoms with Gasteiger partial charge in [0.05, 0.1) is 12.3 Å². The van der Waals surface area contributed by atoms with Crippen LogP contribution >= 0.6 is 11.6 Å². The van der Waals surface area contributed by atoms with Crippen LogP contribution in [-0.2, 0) is 11.2 Å². The first kappa shape index (κ1) is 20.7. The maximum absolute atomic E-state index is 12.5. The Hall–Kier alpha value is -3.05. The Morgan fingerprint density at radius 3 is 2.41 bits per heavy atom. The third-order valence-corrected chi connectivity index (χ3v) is 4.75. The Kier molecular flexibility index (Phi) is 7.47. The molecule has 1 aromatic heterocycles. The quantitative estimate of drug-likeness (QED) is 0.508. The van der Waals surface area contributed by atoms with Gasteiger partial charge >= 0.3 is 0 Å². The second kappa shape index (κ2) is 10.5. The van der Waals surface area contributed by atoms with Crippen molar-refractivity contribution in [2.75, 3.05) is 6.54 Å². The Bertz CT molecular complexity index is 909. The largest absolute Gasteiger partial charge is 0.459 e. The summed E-state index contributed by atoms with van der Waals surface area (Å²) in [6, 6.07) is 20.6. The zero-order chi connectivity index (χ0) is 20.5. The average molecular weight is 411 g/mol. The number of nitrogens with one attached hydrogen (secondary N) is 2. The standard InChI is InChI=1S/C23H23ClN2O3/c24-19-12-10-17(11-13-19)16-20(18-6-2-1-3-7-18)26-22(27)9-4-14-25-23(28)21-8-5-15-29-21/h1-3,5-8,10-13,15,20H,4,9,14,16H2,(H,25,28)(H,26,27). The summed E-state index contributed by atoms with van der Waals surface area (Å²) in [5, 5.41) is 6.54. The van der Waals surface area contributed by atoms with E-state index in [0.717, 1.165) is 11.1 Å². The smallest absolute Gasteiger partial charge is 0.286 e. The van der Waals surface area contributed by atoms with Crippen LogP contribution in [0.2, 0.25) is 5.02 Å². The summed E-state index contributed by atoms with van der Waals surface area (Å²) in [4.78, 5) is 24.3. The van der Waals surface area contributed by atoms with E-state index in [-0.39, 0.29) is 23.6 Å². The number of carbonyl (C=O) groups excluding carboxylic acids is 2. The Balaban J connectivity index is 1.52. The molecule has 1 heterocycles. The lowest BCUT2D eigenvalue weighted by atomic mass is 9.98. The first-order valence-corrected chi connectivity index (χ1v) is 9.90. The van der Waals surface area contributed by atoms with Crippen LogP contribution < -0.4 is 10.6 Å². The van der Waals surface area contributed by atoms with E-state index in [0.29, 0.717) is 30.8 Å². The highest BCUT2D eigenvalue weighted by atomic mass is 35.5. The Labute approximate surface area is 175 Å². The third kappa shape index (κ3) is 6.50. The van der Waals surface area contributed by atoms with Crippen LogP contribution in [0.1, 0.15) is 40.6 Å². The minimum absolute atomic E-state index is 0.0555. The highest BCUT2D eigenvalue weighted by Gasteiger charge is 2.15. The van der Waals surface area contributed by atoms with Gasteiger partial charge in [-0.15, -0.1) is 0 Å². The highest BCUT2D eigenvalue weighted by Crippen LogP contribution is 2.20. The van der Waals surface area contributed by atoms with Crippen LogP contribution in [0.4, 0.5) is 0 Å². The van der Waals surface area contributed by atoms with Gasteiger partial charge in [0.25, 0.3) is 5.91 Å². The van der Waals surface area contributed by atoms with Crippen molar-refractivity contribution in [3.8, 4) is 0 Å². The molecule has 3 aromatic rings. The van der Waals surface area contributed by atoms with Crippen molar-refractivity contribution >= 4 is 23.4 Å². The van der Waals surface area contributed by atoms with Gasteiger partial charge in [0.1, 0.15) is 0 Å². The average Bonchev–Trinajstić information content (AvgIpc) is 3.28. The number of halogens is 1. The normalized spacial score (nSPS) is 11.6. The van der Waals surface area contributed by atoms with Crippen molar-refractivity contribution < 1.29 is 14.0 Å². The molecule has 0 spiro atoms. The Morgan fingerprint density at radius 1 is 0.966 bits per heavy atom. The molecule has 3 rings (SSSR count). The van der Waals surface area contributed by atoms with Gasteiger partial charge in [-0.05, 0) is 48.2 Å². The summed E-state index contributed by atoms with van der Waals surface area (Å²) in [6.07, 6.45) is 2.98. The molecule has 5 nitrogen and oxygen atoms in total. The second-order valence-electron chi connectivity index (χ2n) is 6.70. The molecule has 2 aromatic carbocycles. The van der Waals surface area contributed by atoms with E-state index in [1.54, 1.807) is 12.1 Å². The Morgan fingerprint density at radius 2 is 1.72 bits per heavy atom. The van der Waals surface area contributed by atoms with E-state index < -0.39 is 0 Å². The lowest BCUT2D eigenvalue weighted by Crippen LogP contribution is -2.31. The van der Waals surface area contributed by atoms with Crippen molar-refractivity contribution in [2.24, 2.45) is 0 Å². The zero-order valence-electron chi connectivity index (χ0n) is 15.9. The number of rotatable bonds is 9. The van der Waals surface area contributed by atoms with Gasteiger partial charge in [-0.25, -0.2) is 0 Å². The third-order valence-electron chi connectivity index (χ3n) is 4.50.